The van der Waals surface area contributed by atoms with Crippen LogP contribution in [0.3, 0.4) is 0 Å². The number of carbonyl (C=O) groups is 1. The molecule has 0 fully saturated rings. The Morgan fingerprint density at radius 3 is 2.28 bits per heavy atom. The lowest BCUT2D eigenvalue weighted by Crippen LogP contribution is -2.44. The number of rotatable bonds is 11. The lowest BCUT2D eigenvalue weighted by molar-refractivity contribution is -0.122. The molecule has 0 aromatic heterocycles. The van der Waals surface area contributed by atoms with E-state index in [1.807, 2.05) is 0 Å². The molecule has 0 heterocycles. The zero-order valence-corrected chi connectivity index (χ0v) is 17.2. The fourth-order valence-electron chi connectivity index (χ4n) is 2.42. The lowest BCUT2D eigenvalue weighted by atomic mass is 10.3. The van der Waals surface area contributed by atoms with Gasteiger partial charge in [-0.2, -0.15) is 4.72 Å². The predicted molar refractivity (Wildman–Crippen MR) is 107 cm³/mol. The van der Waals surface area contributed by atoms with Gasteiger partial charge in [0, 0.05) is 6.54 Å². The van der Waals surface area contributed by atoms with Crippen molar-refractivity contribution < 1.29 is 27.1 Å². The molecule has 158 valence electrons. The van der Waals surface area contributed by atoms with Crippen LogP contribution in [-0.4, -0.2) is 40.6 Å². The molecule has 0 aliphatic heterocycles. The first kappa shape index (κ1) is 22.6. The van der Waals surface area contributed by atoms with Gasteiger partial charge in [-0.05, 0) is 68.3 Å². The van der Waals surface area contributed by atoms with Gasteiger partial charge in [-0.1, -0.05) is 0 Å². The molecule has 0 saturated carbocycles. The number of hydrogen-bond acceptors (Lipinski definition) is 5. The second kappa shape index (κ2) is 10.8. The van der Waals surface area contributed by atoms with Crippen molar-refractivity contribution in [2.45, 2.75) is 30.7 Å². The predicted octanol–water partition coefficient (Wildman–Crippen LogP) is 2.48. The molecule has 2 aromatic carbocycles. The highest BCUT2D eigenvalue weighted by molar-refractivity contribution is 7.89. The van der Waals surface area contributed by atoms with E-state index in [0.717, 1.165) is 0 Å². The van der Waals surface area contributed by atoms with E-state index in [0.29, 0.717) is 37.5 Å². The summed E-state index contributed by atoms with van der Waals surface area (Å²) in [5.41, 5.74) is 0. The molecule has 0 aliphatic rings. The van der Waals surface area contributed by atoms with E-state index in [9.17, 15) is 17.6 Å². The molecule has 1 amide bonds. The minimum atomic E-state index is -3.82. The van der Waals surface area contributed by atoms with Gasteiger partial charge >= 0.3 is 0 Å². The van der Waals surface area contributed by atoms with Gasteiger partial charge in [0.05, 0.1) is 24.7 Å². The molecule has 0 radical (unpaired) electrons. The number of ether oxygens (including phenoxy) is 2. The first-order valence-electron chi connectivity index (χ1n) is 9.14. The number of halogens is 1. The average molecular weight is 424 g/mol. The molecule has 2 aromatic rings. The number of unbranched alkanes of at least 4 members (excludes halogenated alkanes) is 1. The molecular formula is C20H25FN2O5S. The summed E-state index contributed by atoms with van der Waals surface area (Å²) >= 11 is 0. The maximum absolute atomic E-state index is 12.8. The third-order valence-electron chi connectivity index (χ3n) is 4.05. The standard InChI is InChI=1S/C20H25FN2O5S/c1-15(23-29(25,26)19-11-9-17(27-2)10-12-19)20(24)22-13-3-4-14-28-18-7-5-16(21)6-8-18/h5-12,15,23H,3-4,13-14H2,1-2H3,(H,22,24)/t15-/m1/s1. The maximum atomic E-state index is 12.8. The van der Waals surface area contributed by atoms with Gasteiger partial charge in [0.25, 0.3) is 0 Å². The van der Waals surface area contributed by atoms with E-state index in [1.165, 1.54) is 50.4 Å². The van der Waals surface area contributed by atoms with Crippen LogP contribution in [0.25, 0.3) is 0 Å². The molecule has 9 heteroatoms. The van der Waals surface area contributed by atoms with Crippen LogP contribution >= 0.6 is 0 Å². The number of benzene rings is 2. The SMILES string of the molecule is COc1ccc(S(=O)(=O)N[C@H](C)C(=O)NCCCCOc2ccc(F)cc2)cc1. The minimum Gasteiger partial charge on any atom is -0.497 e. The molecule has 7 nitrogen and oxygen atoms in total. The van der Waals surface area contributed by atoms with Gasteiger partial charge in [-0.3, -0.25) is 4.79 Å². The monoisotopic (exact) mass is 424 g/mol. The minimum absolute atomic E-state index is 0.0518. The molecule has 0 unspecified atom stereocenters. The molecule has 2 rings (SSSR count). The van der Waals surface area contributed by atoms with Crippen LogP contribution in [0.15, 0.2) is 53.4 Å². The van der Waals surface area contributed by atoms with Crippen LogP contribution in [0, 0.1) is 5.82 Å². The molecule has 0 bridgehead atoms. The van der Waals surface area contributed by atoms with Crippen LogP contribution in [0.2, 0.25) is 0 Å². The number of sulfonamides is 1. The van der Waals surface area contributed by atoms with Crippen molar-refractivity contribution in [3.8, 4) is 11.5 Å². The Balaban J connectivity index is 1.69. The fraction of sp³-hybridized carbons (Fsp3) is 0.350. The van der Waals surface area contributed by atoms with Gasteiger partial charge in [0.15, 0.2) is 0 Å². The largest absolute Gasteiger partial charge is 0.497 e. The molecule has 1 atom stereocenters. The summed E-state index contributed by atoms with van der Waals surface area (Å²) in [5.74, 6) is 0.383. The van der Waals surface area contributed by atoms with E-state index < -0.39 is 22.0 Å². The highest BCUT2D eigenvalue weighted by atomic mass is 32.2. The highest BCUT2D eigenvalue weighted by Gasteiger charge is 2.21. The summed E-state index contributed by atoms with van der Waals surface area (Å²) < 4.78 is 50.3. The van der Waals surface area contributed by atoms with Gasteiger partial charge in [0.2, 0.25) is 15.9 Å². The van der Waals surface area contributed by atoms with E-state index in [1.54, 1.807) is 12.1 Å². The van der Waals surface area contributed by atoms with Gasteiger partial charge < -0.3 is 14.8 Å². The van der Waals surface area contributed by atoms with Crippen molar-refractivity contribution in [3.05, 3.63) is 54.3 Å². The van der Waals surface area contributed by atoms with Crippen molar-refractivity contribution >= 4 is 15.9 Å². The Morgan fingerprint density at radius 1 is 1.03 bits per heavy atom. The highest BCUT2D eigenvalue weighted by Crippen LogP contribution is 2.15. The summed E-state index contributed by atoms with van der Waals surface area (Å²) in [6.45, 7) is 2.30. The van der Waals surface area contributed by atoms with E-state index in [4.69, 9.17) is 9.47 Å². The van der Waals surface area contributed by atoms with Crippen LogP contribution in [0.5, 0.6) is 11.5 Å². The number of carbonyl (C=O) groups excluding carboxylic acids is 1. The molecule has 0 spiro atoms. The van der Waals surface area contributed by atoms with E-state index >= 15 is 0 Å². The van der Waals surface area contributed by atoms with E-state index in [2.05, 4.69) is 10.0 Å². The molecule has 29 heavy (non-hydrogen) atoms. The van der Waals surface area contributed by atoms with Crippen molar-refractivity contribution in [3.63, 3.8) is 0 Å². The second-order valence-corrected chi connectivity index (χ2v) is 8.03. The Kier molecular flexibility index (Phi) is 8.41. The normalized spacial score (nSPS) is 12.2. The Hall–Kier alpha value is -2.65. The fourth-order valence-corrected chi connectivity index (χ4v) is 3.62. The Bertz CT molecular complexity index is 886. The summed E-state index contributed by atoms with van der Waals surface area (Å²) in [7, 11) is -2.33. The summed E-state index contributed by atoms with van der Waals surface area (Å²) in [4.78, 5) is 12.2. The molecule has 0 aliphatic carbocycles. The first-order chi connectivity index (χ1) is 13.8. The van der Waals surface area contributed by atoms with Crippen molar-refractivity contribution in [1.82, 2.24) is 10.0 Å². The third kappa shape index (κ3) is 7.35. The smallest absolute Gasteiger partial charge is 0.241 e. The van der Waals surface area contributed by atoms with Crippen molar-refractivity contribution in [2.75, 3.05) is 20.3 Å². The average Bonchev–Trinajstić information content (AvgIpc) is 2.71. The van der Waals surface area contributed by atoms with Gasteiger partial charge in [-0.15, -0.1) is 0 Å². The first-order valence-corrected chi connectivity index (χ1v) is 10.6. The quantitative estimate of drug-likeness (QED) is 0.541. The number of amides is 1. The summed E-state index contributed by atoms with van der Waals surface area (Å²) in [6.07, 6.45) is 1.34. The maximum Gasteiger partial charge on any atom is 0.241 e. The van der Waals surface area contributed by atoms with Gasteiger partial charge in [-0.25, -0.2) is 12.8 Å². The Morgan fingerprint density at radius 2 is 1.66 bits per heavy atom. The number of methoxy groups -OCH3 is 1. The third-order valence-corrected chi connectivity index (χ3v) is 5.60. The zero-order valence-electron chi connectivity index (χ0n) is 16.4. The zero-order chi connectivity index (χ0) is 21.3. The van der Waals surface area contributed by atoms with Gasteiger partial charge in [0.1, 0.15) is 17.3 Å². The lowest BCUT2D eigenvalue weighted by Gasteiger charge is -2.15. The Labute approximate surface area is 170 Å². The topological polar surface area (TPSA) is 93.7 Å². The van der Waals surface area contributed by atoms with Crippen molar-refractivity contribution in [1.29, 1.82) is 0 Å². The summed E-state index contributed by atoms with van der Waals surface area (Å²) in [5, 5.41) is 2.69. The number of hydrogen-bond donors (Lipinski definition) is 2. The molecule has 2 N–H and O–H groups in total. The molecule has 0 saturated heterocycles. The van der Waals surface area contributed by atoms with Crippen LogP contribution in [0.1, 0.15) is 19.8 Å². The summed E-state index contributed by atoms with van der Waals surface area (Å²) in [6, 6.07) is 10.7. The number of nitrogens with one attached hydrogen (secondary N) is 2. The van der Waals surface area contributed by atoms with Crippen LogP contribution < -0.4 is 19.5 Å². The molecular weight excluding hydrogens is 399 g/mol. The van der Waals surface area contributed by atoms with Crippen LogP contribution in [-0.2, 0) is 14.8 Å². The van der Waals surface area contributed by atoms with Crippen molar-refractivity contribution in [2.24, 2.45) is 0 Å². The van der Waals surface area contributed by atoms with E-state index in [-0.39, 0.29) is 10.7 Å². The second-order valence-electron chi connectivity index (χ2n) is 6.32. The van der Waals surface area contributed by atoms with Crippen LogP contribution in [0.4, 0.5) is 4.39 Å².